The van der Waals surface area contributed by atoms with E-state index in [4.69, 9.17) is 16.3 Å². The van der Waals surface area contributed by atoms with Crippen molar-refractivity contribution in [2.75, 3.05) is 24.4 Å². The molecule has 1 aromatic heterocycles. The summed E-state index contributed by atoms with van der Waals surface area (Å²) in [7, 11) is -11.5. The van der Waals surface area contributed by atoms with Crippen molar-refractivity contribution in [3.63, 3.8) is 0 Å². The number of hydrogen-bond donors (Lipinski definition) is 5. The van der Waals surface area contributed by atoms with Crippen LogP contribution in [0.4, 0.5) is 34.6 Å². The second-order valence-corrected chi connectivity index (χ2v) is 14.4. The minimum Gasteiger partial charge on any atom is -0.505 e. The van der Waals surface area contributed by atoms with Crippen molar-refractivity contribution in [1.29, 1.82) is 0 Å². The molecule has 0 fully saturated rings. The predicted octanol–water partition coefficient (Wildman–Crippen LogP) is 5.06. The normalized spacial score (nSPS) is 12.4. The molecule has 5 N–H and O–H groups in total. The number of azo groups is 1. The van der Waals surface area contributed by atoms with Crippen LogP contribution in [0.5, 0.6) is 11.5 Å². The molecule has 0 aliphatic heterocycles. The smallest absolute Gasteiger partial charge is 0.296 e. The fourth-order valence-corrected chi connectivity index (χ4v) is 6.29. The first-order valence-corrected chi connectivity index (χ1v) is 17.9. The third kappa shape index (κ3) is 7.83. The van der Waals surface area contributed by atoms with Gasteiger partial charge < -0.3 is 20.1 Å². The Morgan fingerprint density at radius 2 is 1.47 bits per heavy atom. The van der Waals surface area contributed by atoms with Crippen molar-refractivity contribution >= 4 is 87.4 Å². The zero-order valence-electron chi connectivity index (χ0n) is 24.8. The van der Waals surface area contributed by atoms with E-state index in [2.05, 4.69) is 30.5 Å². The molecule has 0 radical (unpaired) electrons. The summed E-state index contributed by atoms with van der Waals surface area (Å²) < 4.78 is 105. The summed E-state index contributed by atoms with van der Waals surface area (Å²) in [5, 5.41) is 21.2. The maximum atomic E-state index is 12.4. The molecule has 0 saturated heterocycles. The van der Waals surface area contributed by atoms with Crippen LogP contribution < -0.4 is 15.0 Å². The first-order chi connectivity index (χ1) is 22.8. The first-order valence-electron chi connectivity index (χ1n) is 13.2. The van der Waals surface area contributed by atoms with Gasteiger partial charge in [-0.2, -0.15) is 40.2 Å². The van der Waals surface area contributed by atoms with Crippen LogP contribution in [-0.2, 0) is 30.4 Å². The van der Waals surface area contributed by atoms with Crippen LogP contribution in [0.1, 0.15) is 0 Å². The van der Waals surface area contributed by atoms with Crippen LogP contribution in [-0.4, -0.2) is 73.1 Å². The summed E-state index contributed by atoms with van der Waals surface area (Å²) in [6.45, 7) is 0. The Hall–Kier alpha value is -5.03. The fraction of sp³-hybridized carbons (Fsp3) is 0.0741. The summed E-state index contributed by atoms with van der Waals surface area (Å²) in [6, 6.07) is 13.7. The average Bonchev–Trinajstić information content (AvgIpc) is 3.02. The zero-order valence-corrected chi connectivity index (χ0v) is 28.0. The lowest BCUT2D eigenvalue weighted by atomic mass is 10.1. The number of phenols is 1. The van der Waals surface area contributed by atoms with Gasteiger partial charge >= 0.3 is 0 Å². The lowest BCUT2D eigenvalue weighted by Gasteiger charge is -2.19. The Kier molecular flexibility index (Phi) is 9.44. The van der Waals surface area contributed by atoms with E-state index in [0.717, 1.165) is 30.3 Å². The van der Waals surface area contributed by atoms with Gasteiger partial charge in [0.25, 0.3) is 30.4 Å². The maximum Gasteiger partial charge on any atom is 0.296 e. The van der Waals surface area contributed by atoms with E-state index < -0.39 is 57.3 Å². The van der Waals surface area contributed by atoms with Crippen LogP contribution in [0.25, 0.3) is 10.8 Å². The highest BCUT2D eigenvalue weighted by Crippen LogP contribution is 2.43. The number of methoxy groups -OCH3 is 1. The third-order valence-electron chi connectivity index (χ3n) is 6.71. The predicted molar refractivity (Wildman–Crippen MR) is 175 cm³/mol. The number of phenolic OH excluding ortho intramolecular Hbond substituents is 1. The molecule has 1 heterocycles. The number of rotatable bonds is 10. The third-order valence-corrected chi connectivity index (χ3v) is 9.49. The number of nitrogens with zero attached hydrogens (tertiary/aromatic N) is 6. The van der Waals surface area contributed by atoms with Crippen molar-refractivity contribution < 1.29 is 48.8 Å². The van der Waals surface area contributed by atoms with E-state index in [1.165, 1.54) is 55.5 Å². The molecule has 0 saturated carbocycles. The Labute approximate surface area is 283 Å². The quantitative estimate of drug-likeness (QED) is 0.0921. The van der Waals surface area contributed by atoms with Crippen LogP contribution in [0.2, 0.25) is 5.28 Å². The monoisotopic (exact) mass is 751 g/mol. The summed E-state index contributed by atoms with van der Waals surface area (Å²) in [5.74, 6) is -0.730. The largest absolute Gasteiger partial charge is 0.505 e. The highest BCUT2D eigenvalue weighted by atomic mass is 35.5. The van der Waals surface area contributed by atoms with Crippen LogP contribution in [0.3, 0.4) is 0 Å². The van der Waals surface area contributed by atoms with Crippen LogP contribution in [0.15, 0.2) is 91.6 Å². The molecule has 22 heteroatoms. The molecule has 0 unspecified atom stereocenters. The number of aromatic hydroxyl groups is 1. The van der Waals surface area contributed by atoms with E-state index in [1.54, 1.807) is 0 Å². The second-order valence-electron chi connectivity index (χ2n) is 9.87. The van der Waals surface area contributed by atoms with Crippen LogP contribution >= 0.6 is 11.6 Å². The highest BCUT2D eigenvalue weighted by molar-refractivity contribution is 7.86. The number of fused-ring (bicyclic) bond motifs is 1. The van der Waals surface area contributed by atoms with Gasteiger partial charge in [0, 0.05) is 29.9 Å². The van der Waals surface area contributed by atoms with Crippen molar-refractivity contribution in [2.24, 2.45) is 10.2 Å². The molecule has 0 aliphatic rings. The summed E-state index contributed by atoms with van der Waals surface area (Å²) in [6.07, 6.45) is 0. The van der Waals surface area contributed by atoms with Gasteiger partial charge in [0.15, 0.2) is 5.75 Å². The summed E-state index contributed by atoms with van der Waals surface area (Å²) >= 11 is 6.12. The van der Waals surface area contributed by atoms with Crippen molar-refractivity contribution in [2.45, 2.75) is 14.7 Å². The molecule has 0 aliphatic carbocycles. The zero-order chi connectivity index (χ0) is 35.9. The molecular formula is C27H22ClN7O11S3. The Balaban J connectivity index is 1.53. The van der Waals surface area contributed by atoms with Gasteiger partial charge in [-0.1, -0.05) is 0 Å². The standard InChI is InChI=1S/C27H22ClN7O11S3/c1-35(27-31-25(28)30-26(32-27)29-15-3-7-18(8-4-15)47(37,38)39)16-5-9-19-14(11-16)12-22(49(43,44)45)23(24(19)36)34-33-20-10-6-17(46-2)13-21(20)48(40,41)42/h3-13,36H,1-2H3,(H,37,38,39)(H,40,41,42)(H,43,44,45)(H,29,30,31,32)/b34-33+. The van der Waals surface area contributed by atoms with Gasteiger partial charge in [0.05, 0.1) is 12.0 Å². The summed E-state index contributed by atoms with van der Waals surface area (Å²) in [5.41, 5.74) is -0.473. The number of nitrogens with one attached hydrogen (secondary N) is 1. The van der Waals surface area contributed by atoms with E-state index >= 15 is 0 Å². The molecule has 4 aromatic carbocycles. The lowest BCUT2D eigenvalue weighted by Crippen LogP contribution is -2.15. The van der Waals surface area contributed by atoms with Gasteiger partial charge in [0.2, 0.25) is 17.2 Å². The van der Waals surface area contributed by atoms with Gasteiger partial charge in [-0.05, 0) is 77.7 Å². The van der Waals surface area contributed by atoms with Gasteiger partial charge in [0.1, 0.15) is 26.9 Å². The second kappa shape index (κ2) is 13.1. The maximum absolute atomic E-state index is 12.4. The molecule has 5 aromatic rings. The summed E-state index contributed by atoms with van der Waals surface area (Å²) in [4.78, 5) is 11.9. The molecule has 5 rings (SSSR count). The van der Waals surface area contributed by atoms with Gasteiger partial charge in [-0.3, -0.25) is 13.7 Å². The number of benzene rings is 4. The molecule has 18 nitrogen and oxygen atoms in total. The van der Waals surface area contributed by atoms with E-state index in [-0.39, 0.29) is 38.6 Å². The fourth-order valence-electron chi connectivity index (χ4n) is 4.36. The molecule has 0 spiro atoms. The number of anilines is 4. The van der Waals surface area contributed by atoms with Crippen molar-refractivity contribution in [1.82, 2.24) is 15.0 Å². The topological polar surface area (TPSA) is 271 Å². The van der Waals surface area contributed by atoms with Crippen molar-refractivity contribution in [3.8, 4) is 11.5 Å². The molecule has 0 bridgehead atoms. The molecule has 256 valence electrons. The van der Waals surface area contributed by atoms with Gasteiger partial charge in [-0.15, -0.1) is 10.2 Å². The Bertz CT molecular complexity index is 2480. The van der Waals surface area contributed by atoms with E-state index in [0.29, 0.717) is 11.4 Å². The SMILES string of the molecule is COc1ccc(/N=N/c2c(S(=O)(=O)O)cc3cc(N(C)c4nc(Cl)nc(Nc5ccc(S(=O)(=O)O)cc5)n4)ccc3c2O)c(S(=O)(=O)O)c1. The minimum atomic E-state index is -5.06. The average molecular weight is 752 g/mol. The number of hydrogen-bond acceptors (Lipinski definition) is 15. The highest BCUT2D eigenvalue weighted by Gasteiger charge is 2.24. The Morgan fingerprint density at radius 3 is 2.08 bits per heavy atom. The van der Waals surface area contributed by atoms with Gasteiger partial charge in [-0.25, -0.2) is 0 Å². The van der Waals surface area contributed by atoms with E-state index in [1.807, 2.05) is 0 Å². The Morgan fingerprint density at radius 1 is 0.796 bits per heavy atom. The molecular weight excluding hydrogens is 730 g/mol. The molecule has 49 heavy (non-hydrogen) atoms. The molecule has 0 amide bonds. The number of aromatic nitrogens is 3. The van der Waals surface area contributed by atoms with Crippen molar-refractivity contribution in [3.05, 3.63) is 72.0 Å². The van der Waals surface area contributed by atoms with E-state index in [9.17, 15) is 44.0 Å². The lowest BCUT2D eigenvalue weighted by molar-refractivity contribution is 0.412. The minimum absolute atomic E-state index is 0.00446. The van der Waals surface area contributed by atoms with Crippen LogP contribution in [0, 0.1) is 0 Å². The number of halogens is 1. The first kappa shape index (κ1) is 35.3. The molecule has 0 atom stereocenters. The number of ether oxygens (including phenoxy) is 1.